The molecule has 0 aromatic heterocycles. The molecule has 1 unspecified atom stereocenters. The van der Waals surface area contributed by atoms with Gasteiger partial charge in [0.2, 0.25) is 11.8 Å². The number of benzene rings is 3. The van der Waals surface area contributed by atoms with Crippen molar-refractivity contribution < 1.29 is 19.1 Å². The van der Waals surface area contributed by atoms with Crippen LogP contribution in [0.3, 0.4) is 0 Å². The predicted octanol–water partition coefficient (Wildman–Crippen LogP) is 5.63. The summed E-state index contributed by atoms with van der Waals surface area (Å²) < 4.78 is 11.6. The third-order valence-electron chi connectivity index (χ3n) is 5.31. The number of halogens is 1. The minimum absolute atomic E-state index is 0.0636. The molecular weight excluding hydrogens is 530 g/mol. The van der Waals surface area contributed by atoms with E-state index < -0.39 is 5.25 Å². The Morgan fingerprint density at radius 2 is 1.77 bits per heavy atom. The molecule has 35 heavy (non-hydrogen) atoms. The Kier molecular flexibility index (Phi) is 8.09. The highest BCUT2D eigenvalue weighted by molar-refractivity contribution is 9.10. The van der Waals surface area contributed by atoms with Crippen LogP contribution in [-0.4, -0.2) is 41.4 Å². The summed E-state index contributed by atoms with van der Waals surface area (Å²) in [6, 6.07) is 22.2. The topological polar surface area (TPSA) is 80.2 Å². The number of rotatable bonds is 7. The Labute approximate surface area is 216 Å². The molecule has 0 bridgehead atoms. The summed E-state index contributed by atoms with van der Waals surface area (Å²) in [5.41, 5.74) is 2.23. The average molecular weight is 554 g/mol. The van der Waals surface area contributed by atoms with Crippen molar-refractivity contribution in [2.75, 3.05) is 19.5 Å². The quantitative estimate of drug-likeness (QED) is 0.410. The highest BCUT2D eigenvalue weighted by atomic mass is 79.9. The van der Waals surface area contributed by atoms with Gasteiger partial charge in [-0.05, 0) is 54.1 Å². The third kappa shape index (κ3) is 6.23. The van der Waals surface area contributed by atoms with Crippen molar-refractivity contribution in [2.24, 2.45) is 4.99 Å². The zero-order chi connectivity index (χ0) is 24.8. The number of nitrogens with one attached hydrogen (secondary N) is 1. The van der Waals surface area contributed by atoms with Gasteiger partial charge in [-0.2, -0.15) is 0 Å². The number of hydrogen-bond acceptors (Lipinski definition) is 6. The smallest absolute Gasteiger partial charge is 0.238 e. The second-order valence-corrected chi connectivity index (χ2v) is 9.79. The van der Waals surface area contributed by atoms with E-state index in [0.29, 0.717) is 34.6 Å². The van der Waals surface area contributed by atoms with E-state index in [0.717, 1.165) is 10.0 Å². The zero-order valence-electron chi connectivity index (χ0n) is 19.2. The van der Waals surface area contributed by atoms with Gasteiger partial charge in [0.15, 0.2) is 16.7 Å². The van der Waals surface area contributed by atoms with Gasteiger partial charge >= 0.3 is 0 Å². The first-order valence-electron chi connectivity index (χ1n) is 10.8. The number of amidine groups is 1. The molecule has 1 heterocycles. The van der Waals surface area contributed by atoms with Crippen LogP contribution in [0.25, 0.3) is 0 Å². The molecule has 1 saturated heterocycles. The summed E-state index contributed by atoms with van der Waals surface area (Å²) in [5, 5.41) is 2.77. The fourth-order valence-corrected chi connectivity index (χ4v) is 4.89. The van der Waals surface area contributed by atoms with Gasteiger partial charge in [-0.25, -0.2) is 4.99 Å². The van der Waals surface area contributed by atoms with Gasteiger partial charge in [0.1, 0.15) is 5.25 Å². The van der Waals surface area contributed by atoms with E-state index in [9.17, 15) is 9.59 Å². The molecule has 1 fully saturated rings. The summed E-state index contributed by atoms with van der Waals surface area (Å²) >= 11 is 4.67. The van der Waals surface area contributed by atoms with E-state index >= 15 is 0 Å². The number of carbonyl (C=O) groups excluding carboxylic acids is 2. The van der Waals surface area contributed by atoms with E-state index in [4.69, 9.17) is 14.5 Å². The SMILES string of the molecule is COc1ccc(CN2C(=O)CC(C(=O)Nc3ccc(Br)cc3)SC2=Nc2ccccc2)cc1OC. The molecule has 2 amide bonds. The molecule has 0 saturated carbocycles. The standard InChI is InChI=1S/C26H24BrN3O4S/c1-33-21-13-8-17(14-22(21)34-2)16-30-24(31)15-23(25(32)28-20-11-9-18(27)10-12-20)35-26(30)29-19-6-4-3-5-7-19/h3-14,23H,15-16H2,1-2H3,(H,28,32). The Hall–Kier alpha value is -3.30. The molecule has 0 aliphatic carbocycles. The van der Waals surface area contributed by atoms with Crippen LogP contribution in [0.15, 0.2) is 82.3 Å². The van der Waals surface area contributed by atoms with Gasteiger partial charge in [0, 0.05) is 16.6 Å². The number of anilines is 1. The van der Waals surface area contributed by atoms with Crippen LogP contribution in [0.2, 0.25) is 0 Å². The number of thioether (sulfide) groups is 1. The zero-order valence-corrected chi connectivity index (χ0v) is 21.6. The Balaban J connectivity index is 1.59. The van der Waals surface area contributed by atoms with Crippen LogP contribution in [-0.2, 0) is 16.1 Å². The lowest BCUT2D eigenvalue weighted by molar-refractivity contribution is -0.129. The number of methoxy groups -OCH3 is 2. The number of para-hydroxylation sites is 1. The van der Waals surface area contributed by atoms with Crippen molar-refractivity contribution in [1.82, 2.24) is 4.90 Å². The maximum absolute atomic E-state index is 13.3. The van der Waals surface area contributed by atoms with Gasteiger partial charge in [-0.1, -0.05) is 52.0 Å². The fraction of sp³-hybridized carbons (Fsp3) is 0.192. The van der Waals surface area contributed by atoms with Crippen LogP contribution in [0, 0.1) is 0 Å². The highest BCUT2D eigenvalue weighted by Crippen LogP contribution is 2.33. The van der Waals surface area contributed by atoms with Crippen LogP contribution < -0.4 is 14.8 Å². The van der Waals surface area contributed by atoms with Crippen LogP contribution in [0.1, 0.15) is 12.0 Å². The van der Waals surface area contributed by atoms with Crippen molar-refractivity contribution >= 4 is 56.0 Å². The Morgan fingerprint density at radius 3 is 2.46 bits per heavy atom. The number of nitrogens with zero attached hydrogens (tertiary/aromatic N) is 2. The molecular formula is C26H24BrN3O4S. The fourth-order valence-electron chi connectivity index (χ4n) is 3.53. The second kappa shape index (κ2) is 11.4. The van der Waals surface area contributed by atoms with Gasteiger partial charge < -0.3 is 14.8 Å². The molecule has 1 N–H and O–H groups in total. The Bertz CT molecular complexity index is 1240. The van der Waals surface area contributed by atoms with Crippen molar-refractivity contribution in [1.29, 1.82) is 0 Å². The van der Waals surface area contributed by atoms with Gasteiger partial charge in [0.25, 0.3) is 0 Å². The molecule has 3 aromatic carbocycles. The monoisotopic (exact) mass is 553 g/mol. The minimum Gasteiger partial charge on any atom is -0.493 e. The summed E-state index contributed by atoms with van der Waals surface area (Å²) in [6.07, 6.45) is 0.0636. The summed E-state index contributed by atoms with van der Waals surface area (Å²) in [6.45, 7) is 0.291. The molecule has 1 atom stereocenters. The third-order valence-corrected chi connectivity index (χ3v) is 7.03. The van der Waals surface area contributed by atoms with Crippen molar-refractivity contribution in [2.45, 2.75) is 18.2 Å². The minimum atomic E-state index is -0.602. The van der Waals surface area contributed by atoms with Crippen molar-refractivity contribution in [3.63, 3.8) is 0 Å². The van der Waals surface area contributed by atoms with E-state index in [-0.39, 0.29) is 18.2 Å². The molecule has 3 aromatic rings. The lowest BCUT2D eigenvalue weighted by Crippen LogP contribution is -2.44. The first-order valence-corrected chi connectivity index (χ1v) is 12.5. The largest absolute Gasteiger partial charge is 0.493 e. The van der Waals surface area contributed by atoms with Crippen molar-refractivity contribution in [3.8, 4) is 11.5 Å². The summed E-state index contributed by atoms with van der Waals surface area (Å²) in [7, 11) is 3.15. The maximum Gasteiger partial charge on any atom is 0.238 e. The second-order valence-electron chi connectivity index (χ2n) is 7.71. The summed E-state index contributed by atoms with van der Waals surface area (Å²) in [5.74, 6) is 0.773. The maximum atomic E-state index is 13.3. The molecule has 0 radical (unpaired) electrons. The van der Waals surface area contributed by atoms with E-state index in [1.165, 1.54) is 11.8 Å². The number of amides is 2. The lowest BCUT2D eigenvalue weighted by atomic mass is 10.1. The van der Waals surface area contributed by atoms with Gasteiger partial charge in [0.05, 0.1) is 26.5 Å². The molecule has 180 valence electrons. The van der Waals surface area contributed by atoms with E-state index in [1.807, 2.05) is 54.6 Å². The molecule has 4 rings (SSSR count). The van der Waals surface area contributed by atoms with Gasteiger partial charge in [-0.3, -0.25) is 14.5 Å². The van der Waals surface area contributed by atoms with Crippen LogP contribution >= 0.6 is 27.7 Å². The molecule has 1 aliphatic rings. The summed E-state index contributed by atoms with van der Waals surface area (Å²) in [4.78, 5) is 32.6. The number of carbonyl (C=O) groups is 2. The van der Waals surface area contributed by atoms with Gasteiger partial charge in [-0.15, -0.1) is 0 Å². The van der Waals surface area contributed by atoms with Crippen LogP contribution in [0.5, 0.6) is 11.5 Å². The number of hydrogen-bond donors (Lipinski definition) is 1. The molecule has 0 spiro atoms. The predicted molar refractivity (Wildman–Crippen MR) is 142 cm³/mol. The first kappa shape index (κ1) is 24.8. The molecule has 9 heteroatoms. The first-order chi connectivity index (χ1) is 17.0. The normalized spacial score (nSPS) is 16.8. The molecule has 1 aliphatic heterocycles. The Morgan fingerprint density at radius 1 is 1.06 bits per heavy atom. The van der Waals surface area contributed by atoms with Crippen LogP contribution in [0.4, 0.5) is 11.4 Å². The average Bonchev–Trinajstić information content (AvgIpc) is 2.87. The number of aliphatic imine (C=N–C) groups is 1. The number of ether oxygens (including phenoxy) is 2. The highest BCUT2D eigenvalue weighted by Gasteiger charge is 2.36. The molecule has 7 nitrogen and oxygen atoms in total. The van der Waals surface area contributed by atoms with E-state index in [2.05, 4.69) is 21.2 Å². The van der Waals surface area contributed by atoms with E-state index in [1.54, 1.807) is 37.3 Å². The van der Waals surface area contributed by atoms with Crippen molar-refractivity contribution in [3.05, 3.63) is 82.8 Å². The lowest BCUT2D eigenvalue weighted by Gasteiger charge is -2.32.